The number of hydrogen-bond donors (Lipinski definition) is 2. The molecule has 0 radical (unpaired) electrons. The quantitative estimate of drug-likeness (QED) is 0.493. The maximum Gasteiger partial charge on any atom is 0.238 e. The van der Waals surface area contributed by atoms with Gasteiger partial charge in [-0.3, -0.25) is 9.80 Å². The highest BCUT2D eigenvalue weighted by Crippen LogP contribution is 2.17. The number of hydrogen-bond acceptors (Lipinski definition) is 3. The molecule has 0 aliphatic carbocycles. The second kappa shape index (κ2) is 5.25. The molecule has 0 aliphatic rings. The summed E-state index contributed by atoms with van der Waals surface area (Å²) in [6, 6.07) is 7.26. The molecule has 4 nitrogen and oxygen atoms in total. The van der Waals surface area contributed by atoms with Crippen LogP contribution in [0.15, 0.2) is 28.7 Å². The smallest absolute Gasteiger partial charge is 0.238 e. The van der Waals surface area contributed by atoms with E-state index in [4.69, 9.17) is 11.6 Å². The zero-order valence-corrected chi connectivity index (χ0v) is 10.1. The molecule has 82 valence electrons. The van der Waals surface area contributed by atoms with E-state index in [1.165, 1.54) is 7.05 Å². The predicted octanol–water partition coefficient (Wildman–Crippen LogP) is 1.17. The van der Waals surface area contributed by atoms with Crippen LogP contribution in [0.1, 0.15) is 18.0 Å². The van der Waals surface area contributed by atoms with Gasteiger partial charge in [-0.25, -0.2) is 5.84 Å². The lowest BCUT2D eigenvalue weighted by Crippen LogP contribution is -2.35. The first-order valence-electron chi connectivity index (χ1n) is 4.53. The van der Waals surface area contributed by atoms with E-state index in [1.54, 1.807) is 0 Å². The van der Waals surface area contributed by atoms with Gasteiger partial charge in [0.25, 0.3) is 0 Å². The number of carbonyl (C=O) groups is 1. The van der Waals surface area contributed by atoms with Crippen LogP contribution in [0.5, 0.6) is 0 Å². The molecule has 15 heavy (non-hydrogen) atoms. The van der Waals surface area contributed by atoms with Crippen molar-refractivity contribution in [2.45, 2.75) is 12.5 Å². The zero-order chi connectivity index (χ0) is 11.4. The molecule has 0 heterocycles. The normalized spacial score (nSPS) is 12.3. The Kier molecular flexibility index (Phi) is 4.26. The molecule has 1 rings (SSSR count). The first-order valence-corrected chi connectivity index (χ1v) is 5.32. The minimum absolute atomic E-state index is 0.176. The van der Waals surface area contributed by atoms with Crippen molar-refractivity contribution < 1.29 is 4.79 Å². The molecule has 0 saturated carbocycles. The van der Waals surface area contributed by atoms with Gasteiger partial charge in [-0.2, -0.15) is 0 Å². The second-order valence-electron chi connectivity index (χ2n) is 3.37. The molecule has 0 aromatic heterocycles. The molecule has 0 bridgehead atoms. The molecule has 1 aromatic rings. The monoisotopic (exact) mass is 271 g/mol. The van der Waals surface area contributed by atoms with Crippen LogP contribution in [0, 0.1) is 0 Å². The van der Waals surface area contributed by atoms with E-state index in [0.29, 0.717) is 0 Å². The number of rotatable bonds is 3. The first kappa shape index (κ1) is 12.2. The number of hydrazine groups is 1. The van der Waals surface area contributed by atoms with Crippen molar-refractivity contribution in [3.05, 3.63) is 34.3 Å². The Morgan fingerprint density at radius 3 is 2.47 bits per heavy atom. The minimum atomic E-state index is -0.309. The van der Waals surface area contributed by atoms with E-state index in [1.807, 2.05) is 24.3 Å². The topological polar surface area (TPSA) is 72.3 Å². The van der Waals surface area contributed by atoms with E-state index in [2.05, 4.69) is 15.9 Å². The Bertz CT molecular complexity index is 337. The summed E-state index contributed by atoms with van der Waals surface area (Å²) < 4.78 is 0.987. The van der Waals surface area contributed by atoms with Gasteiger partial charge in [-0.05, 0) is 17.7 Å². The van der Waals surface area contributed by atoms with Crippen LogP contribution in [0.4, 0.5) is 0 Å². The molecule has 4 N–H and O–H groups in total. The molecule has 0 fully saturated rings. The molecule has 0 aliphatic heterocycles. The van der Waals surface area contributed by atoms with Crippen molar-refractivity contribution in [2.24, 2.45) is 11.6 Å². The Balaban J connectivity index is 2.65. The van der Waals surface area contributed by atoms with Crippen LogP contribution < -0.4 is 11.6 Å². The molecule has 1 amide bonds. The number of halogens is 1. The Labute approximate surface area is 97.3 Å². The molecule has 0 saturated heterocycles. The lowest BCUT2D eigenvalue weighted by atomic mass is 10.0. The number of nitrogens with zero attached hydrogens (tertiary/aromatic N) is 1. The summed E-state index contributed by atoms with van der Waals surface area (Å²) in [5.74, 6) is 5.13. The SMILES string of the molecule is CN(N)C(=O)CC(N)c1ccc(Br)cc1. The fourth-order valence-corrected chi connectivity index (χ4v) is 1.42. The largest absolute Gasteiger partial charge is 0.324 e. The van der Waals surface area contributed by atoms with Crippen LogP contribution in [-0.4, -0.2) is 18.0 Å². The van der Waals surface area contributed by atoms with Crippen molar-refractivity contribution in [1.29, 1.82) is 0 Å². The number of nitrogens with two attached hydrogens (primary N) is 2. The van der Waals surface area contributed by atoms with Gasteiger partial charge in [-0.1, -0.05) is 28.1 Å². The number of benzene rings is 1. The highest BCUT2D eigenvalue weighted by molar-refractivity contribution is 9.10. The maximum absolute atomic E-state index is 11.3. The second-order valence-corrected chi connectivity index (χ2v) is 4.28. The summed E-state index contributed by atoms with van der Waals surface area (Å²) in [5.41, 5.74) is 6.79. The van der Waals surface area contributed by atoms with Crippen LogP contribution >= 0.6 is 15.9 Å². The Hall–Kier alpha value is -0.910. The van der Waals surface area contributed by atoms with E-state index in [0.717, 1.165) is 15.0 Å². The van der Waals surface area contributed by atoms with Gasteiger partial charge >= 0.3 is 0 Å². The molecule has 5 heteroatoms. The van der Waals surface area contributed by atoms with Crippen LogP contribution in [0.25, 0.3) is 0 Å². The van der Waals surface area contributed by atoms with E-state index >= 15 is 0 Å². The summed E-state index contributed by atoms with van der Waals surface area (Å²) in [4.78, 5) is 11.3. The molecular formula is C10H14BrN3O. The van der Waals surface area contributed by atoms with Crippen LogP contribution in [-0.2, 0) is 4.79 Å². The molecule has 1 atom stereocenters. The zero-order valence-electron chi connectivity index (χ0n) is 8.48. The average Bonchev–Trinajstić information content (AvgIpc) is 2.18. The van der Waals surface area contributed by atoms with Gasteiger partial charge in [0.15, 0.2) is 0 Å². The fraction of sp³-hybridized carbons (Fsp3) is 0.300. The molecule has 0 spiro atoms. The highest BCUT2D eigenvalue weighted by Gasteiger charge is 2.13. The molecular weight excluding hydrogens is 258 g/mol. The summed E-state index contributed by atoms with van der Waals surface area (Å²) in [5, 5.41) is 1.05. The van der Waals surface area contributed by atoms with Crippen molar-refractivity contribution in [1.82, 2.24) is 5.01 Å². The van der Waals surface area contributed by atoms with E-state index in [-0.39, 0.29) is 18.4 Å². The first-order chi connectivity index (χ1) is 7.00. The van der Waals surface area contributed by atoms with Gasteiger partial charge < -0.3 is 5.73 Å². The lowest BCUT2D eigenvalue weighted by Gasteiger charge is -2.15. The Morgan fingerprint density at radius 1 is 1.47 bits per heavy atom. The highest BCUT2D eigenvalue weighted by atomic mass is 79.9. The average molecular weight is 272 g/mol. The van der Waals surface area contributed by atoms with Gasteiger partial charge in [0.2, 0.25) is 5.91 Å². The third kappa shape index (κ3) is 3.62. The maximum atomic E-state index is 11.3. The fourth-order valence-electron chi connectivity index (χ4n) is 1.16. The number of amides is 1. The standard InChI is InChI=1S/C10H14BrN3O/c1-14(13)10(15)6-9(12)7-2-4-8(11)5-3-7/h2-5,9H,6,12-13H2,1H3. The minimum Gasteiger partial charge on any atom is -0.324 e. The van der Waals surface area contributed by atoms with Gasteiger partial charge in [-0.15, -0.1) is 0 Å². The van der Waals surface area contributed by atoms with Gasteiger partial charge in [0, 0.05) is 24.0 Å². The Morgan fingerprint density at radius 2 is 2.00 bits per heavy atom. The molecule has 1 unspecified atom stereocenters. The molecule has 1 aromatic carbocycles. The third-order valence-corrected chi connectivity index (χ3v) is 2.61. The van der Waals surface area contributed by atoms with Gasteiger partial charge in [0.05, 0.1) is 0 Å². The summed E-state index contributed by atoms with van der Waals surface area (Å²) in [7, 11) is 1.51. The van der Waals surface area contributed by atoms with Crippen molar-refractivity contribution in [3.63, 3.8) is 0 Å². The summed E-state index contributed by atoms with van der Waals surface area (Å²) >= 11 is 3.33. The van der Waals surface area contributed by atoms with Crippen LogP contribution in [0.3, 0.4) is 0 Å². The third-order valence-electron chi connectivity index (χ3n) is 2.09. The van der Waals surface area contributed by atoms with Crippen molar-refractivity contribution in [3.8, 4) is 0 Å². The number of carbonyl (C=O) groups excluding carboxylic acids is 1. The summed E-state index contributed by atoms with van der Waals surface area (Å²) in [6.07, 6.45) is 0.217. The van der Waals surface area contributed by atoms with Gasteiger partial charge in [0.1, 0.15) is 0 Å². The van der Waals surface area contributed by atoms with Crippen molar-refractivity contribution >= 4 is 21.8 Å². The predicted molar refractivity (Wildman–Crippen MR) is 62.6 cm³/mol. The summed E-state index contributed by atoms with van der Waals surface area (Å²) in [6.45, 7) is 0. The van der Waals surface area contributed by atoms with Crippen molar-refractivity contribution in [2.75, 3.05) is 7.05 Å². The lowest BCUT2D eigenvalue weighted by molar-refractivity contribution is -0.130. The van der Waals surface area contributed by atoms with E-state index < -0.39 is 0 Å². The van der Waals surface area contributed by atoms with Crippen LogP contribution in [0.2, 0.25) is 0 Å². The van der Waals surface area contributed by atoms with E-state index in [9.17, 15) is 4.79 Å².